The van der Waals surface area contributed by atoms with Crippen LogP contribution >= 0.6 is 0 Å². The topological polar surface area (TPSA) is 65.7 Å². The van der Waals surface area contributed by atoms with Crippen LogP contribution in [0.1, 0.15) is 20.7 Å². The Morgan fingerprint density at radius 1 is 0.923 bits per heavy atom. The fraction of sp³-hybridized carbons (Fsp3) is 0.250. The Morgan fingerprint density at radius 2 is 1.38 bits per heavy atom. The van der Waals surface area contributed by atoms with Crippen molar-refractivity contribution in [2.24, 2.45) is 0 Å². The van der Waals surface area contributed by atoms with Gasteiger partial charge in [-0.1, -0.05) is 0 Å². The minimum atomic E-state index is -0.555. The molecule has 0 aromatic carbocycles. The first-order valence-electron chi connectivity index (χ1n) is 3.69. The highest BCUT2D eigenvalue weighted by atomic mass is 16.6. The van der Waals surface area contributed by atoms with Crippen molar-refractivity contribution in [1.29, 1.82) is 0 Å². The summed E-state index contributed by atoms with van der Waals surface area (Å²) in [5, 5.41) is 0. The molecule has 0 saturated heterocycles. The number of carbonyl (C=O) groups excluding carboxylic acids is 2. The number of hydrogen-bond acceptors (Lipinski definition) is 5. The molecule has 0 N–H and O–H groups in total. The third-order valence-electron chi connectivity index (χ3n) is 1.65. The Morgan fingerprint density at radius 3 is 1.85 bits per heavy atom. The highest BCUT2D eigenvalue weighted by Crippen LogP contribution is 2.14. The molecule has 0 unspecified atom stereocenters. The van der Waals surface area contributed by atoms with E-state index in [4.69, 9.17) is 13.9 Å². The van der Waals surface area contributed by atoms with Crippen LogP contribution in [0.3, 0.4) is 0 Å². The first kappa shape index (κ1) is 7.85. The molecule has 0 fully saturated rings. The number of furan rings is 1. The molecule has 2 rings (SSSR count). The van der Waals surface area contributed by atoms with Gasteiger partial charge in [-0.15, -0.1) is 0 Å². The summed E-state index contributed by atoms with van der Waals surface area (Å²) in [6, 6.07) is 0. The van der Waals surface area contributed by atoms with Gasteiger partial charge in [0, 0.05) is 0 Å². The molecule has 1 aliphatic rings. The summed E-state index contributed by atoms with van der Waals surface area (Å²) >= 11 is 0. The lowest BCUT2D eigenvalue weighted by Crippen LogP contribution is -2.20. The smallest absolute Gasteiger partial charge is 0.342 e. The molecule has 2 heterocycles. The van der Waals surface area contributed by atoms with Crippen molar-refractivity contribution >= 4 is 11.9 Å². The van der Waals surface area contributed by atoms with Gasteiger partial charge in [0.2, 0.25) is 0 Å². The van der Waals surface area contributed by atoms with E-state index in [0.717, 1.165) is 0 Å². The third kappa shape index (κ3) is 1.28. The van der Waals surface area contributed by atoms with Gasteiger partial charge in [0.05, 0.1) is 0 Å². The summed E-state index contributed by atoms with van der Waals surface area (Å²) in [6.45, 7) is 0.157. The number of ether oxygens (including phenoxy) is 2. The summed E-state index contributed by atoms with van der Waals surface area (Å²) in [6.07, 6.45) is 2.34. The predicted octanol–water partition coefficient (Wildman–Crippen LogP) is 0.607. The number of cyclic esters (lactones) is 2. The minimum absolute atomic E-state index is 0.0786. The van der Waals surface area contributed by atoms with E-state index in [1.807, 2.05) is 0 Å². The van der Waals surface area contributed by atoms with Gasteiger partial charge >= 0.3 is 11.9 Å². The van der Waals surface area contributed by atoms with Crippen LogP contribution in [0, 0.1) is 0 Å². The molecule has 1 aliphatic heterocycles. The minimum Gasteiger partial charge on any atom is -0.471 e. The molecule has 5 nitrogen and oxygen atoms in total. The molecule has 5 heteroatoms. The fourth-order valence-corrected chi connectivity index (χ4v) is 1.04. The van der Waals surface area contributed by atoms with Crippen molar-refractivity contribution in [2.45, 2.75) is 0 Å². The van der Waals surface area contributed by atoms with Crippen LogP contribution in [0.4, 0.5) is 0 Å². The Kier molecular flexibility index (Phi) is 1.77. The van der Waals surface area contributed by atoms with Crippen LogP contribution < -0.4 is 0 Å². The average molecular weight is 182 g/mol. The summed E-state index contributed by atoms with van der Waals surface area (Å²) in [7, 11) is 0. The van der Waals surface area contributed by atoms with Gasteiger partial charge in [-0.25, -0.2) is 9.59 Å². The second-order valence-corrected chi connectivity index (χ2v) is 2.47. The largest absolute Gasteiger partial charge is 0.471 e. The standard InChI is InChI=1S/C8H6O5/c9-7-5-3-11-4-6(5)8(10)13-2-1-12-7/h3-4H,1-2H2. The number of carbonyl (C=O) groups is 2. The van der Waals surface area contributed by atoms with Crippen molar-refractivity contribution < 1.29 is 23.5 Å². The summed E-state index contributed by atoms with van der Waals surface area (Å²) in [4.78, 5) is 22.3. The molecule has 0 bridgehead atoms. The zero-order valence-electron chi connectivity index (χ0n) is 6.61. The van der Waals surface area contributed by atoms with Gasteiger partial charge < -0.3 is 13.9 Å². The molecule has 68 valence electrons. The van der Waals surface area contributed by atoms with E-state index >= 15 is 0 Å². The van der Waals surface area contributed by atoms with Crippen LogP contribution in [0.2, 0.25) is 0 Å². The Hall–Kier alpha value is -1.78. The molecule has 0 amide bonds. The third-order valence-corrected chi connectivity index (χ3v) is 1.65. The number of esters is 2. The molecule has 1 aromatic rings. The molecule has 0 atom stereocenters. The van der Waals surface area contributed by atoms with Crippen LogP contribution in [-0.2, 0) is 9.47 Å². The monoisotopic (exact) mass is 182 g/mol. The zero-order valence-corrected chi connectivity index (χ0v) is 6.61. The lowest BCUT2D eigenvalue weighted by molar-refractivity contribution is 0.0226. The van der Waals surface area contributed by atoms with Crippen LogP contribution in [0.5, 0.6) is 0 Å². The van der Waals surface area contributed by atoms with Crippen LogP contribution in [0.25, 0.3) is 0 Å². The summed E-state index contributed by atoms with van der Waals surface area (Å²) < 4.78 is 14.2. The van der Waals surface area contributed by atoms with Gasteiger partial charge in [-0.3, -0.25) is 0 Å². The average Bonchev–Trinajstić information content (AvgIpc) is 2.57. The molecular weight excluding hydrogens is 176 g/mol. The second kappa shape index (κ2) is 2.93. The Balaban J connectivity index is 2.44. The Labute approximate surface area is 73.2 Å². The molecule has 0 saturated carbocycles. The van der Waals surface area contributed by atoms with E-state index in [0.29, 0.717) is 0 Å². The number of hydrogen-bond donors (Lipinski definition) is 0. The quantitative estimate of drug-likeness (QED) is 0.550. The van der Waals surface area contributed by atoms with Crippen LogP contribution in [0.15, 0.2) is 16.9 Å². The van der Waals surface area contributed by atoms with Crippen LogP contribution in [-0.4, -0.2) is 25.2 Å². The predicted molar refractivity (Wildman–Crippen MR) is 39.3 cm³/mol. The summed E-state index contributed by atoms with van der Waals surface area (Å²) in [5.41, 5.74) is 0.231. The van der Waals surface area contributed by atoms with Gasteiger partial charge in [0.25, 0.3) is 0 Å². The normalized spacial score (nSPS) is 16.6. The summed E-state index contributed by atoms with van der Waals surface area (Å²) in [5.74, 6) is -1.11. The lowest BCUT2D eigenvalue weighted by atomic mass is 10.2. The van der Waals surface area contributed by atoms with Crippen molar-refractivity contribution in [1.82, 2.24) is 0 Å². The lowest BCUT2D eigenvalue weighted by Gasteiger charge is -2.09. The molecule has 1 aromatic heterocycles. The maximum atomic E-state index is 11.2. The number of rotatable bonds is 0. The van der Waals surface area contributed by atoms with Gasteiger partial charge in [0.1, 0.15) is 36.9 Å². The van der Waals surface area contributed by atoms with E-state index < -0.39 is 11.9 Å². The van der Waals surface area contributed by atoms with Crippen molar-refractivity contribution in [3.63, 3.8) is 0 Å². The first-order valence-corrected chi connectivity index (χ1v) is 3.69. The van der Waals surface area contributed by atoms with E-state index in [2.05, 4.69) is 0 Å². The molecule has 13 heavy (non-hydrogen) atoms. The SMILES string of the molecule is O=C1OCCOC(=O)c2cocc21. The highest BCUT2D eigenvalue weighted by Gasteiger charge is 2.24. The fourth-order valence-electron chi connectivity index (χ4n) is 1.04. The molecule has 0 aliphatic carbocycles. The molecule has 0 radical (unpaired) electrons. The maximum absolute atomic E-state index is 11.2. The van der Waals surface area contributed by atoms with Crippen molar-refractivity contribution in [3.05, 3.63) is 23.7 Å². The van der Waals surface area contributed by atoms with E-state index in [-0.39, 0.29) is 24.3 Å². The Bertz CT molecular complexity index is 319. The zero-order chi connectivity index (χ0) is 9.26. The molecule has 0 spiro atoms. The van der Waals surface area contributed by atoms with Crippen molar-refractivity contribution in [3.8, 4) is 0 Å². The number of fused-ring (bicyclic) bond motifs is 1. The maximum Gasteiger partial charge on any atom is 0.342 e. The van der Waals surface area contributed by atoms with Gasteiger partial charge in [-0.05, 0) is 0 Å². The second-order valence-electron chi connectivity index (χ2n) is 2.47. The van der Waals surface area contributed by atoms with Gasteiger partial charge in [0.15, 0.2) is 0 Å². The highest BCUT2D eigenvalue weighted by molar-refractivity contribution is 6.03. The van der Waals surface area contributed by atoms with Gasteiger partial charge in [-0.2, -0.15) is 0 Å². The van der Waals surface area contributed by atoms with E-state index in [1.54, 1.807) is 0 Å². The van der Waals surface area contributed by atoms with Crippen molar-refractivity contribution in [2.75, 3.05) is 13.2 Å². The van der Waals surface area contributed by atoms with E-state index in [9.17, 15) is 9.59 Å². The molecular formula is C8H6O5. The first-order chi connectivity index (χ1) is 6.29. The van der Waals surface area contributed by atoms with E-state index in [1.165, 1.54) is 12.5 Å².